The zero-order valence-electron chi connectivity index (χ0n) is 15.9. The number of amides is 1. The van der Waals surface area contributed by atoms with Crippen molar-refractivity contribution in [2.75, 3.05) is 33.3 Å². The second-order valence-corrected chi connectivity index (χ2v) is 7.43. The van der Waals surface area contributed by atoms with E-state index in [-0.39, 0.29) is 6.04 Å². The van der Waals surface area contributed by atoms with Crippen LogP contribution in [0.1, 0.15) is 24.8 Å². The molecular weight excluding hydrogens is 346 g/mol. The summed E-state index contributed by atoms with van der Waals surface area (Å²) in [6, 6.07) is 7.68. The van der Waals surface area contributed by atoms with Crippen molar-refractivity contribution in [2.24, 2.45) is 5.92 Å². The molecule has 0 aliphatic carbocycles. The summed E-state index contributed by atoms with van der Waals surface area (Å²) in [6.07, 6.45) is 2.26. The molecular formula is C20H31N3O4. The number of aliphatic hydroxyl groups excluding tert-OH is 1. The number of alkyl carbamates (subject to hydrolysis) is 1. The number of hydrogen-bond acceptors (Lipinski definition) is 6. The van der Waals surface area contributed by atoms with Crippen molar-refractivity contribution in [3.63, 3.8) is 0 Å². The zero-order valence-corrected chi connectivity index (χ0v) is 15.9. The Hall–Kier alpha value is -1.83. The van der Waals surface area contributed by atoms with Gasteiger partial charge in [0, 0.05) is 13.1 Å². The third-order valence-electron chi connectivity index (χ3n) is 5.44. The highest BCUT2D eigenvalue weighted by Crippen LogP contribution is 2.19. The number of aliphatic hydroxyl groups is 1. The van der Waals surface area contributed by atoms with E-state index in [4.69, 9.17) is 9.47 Å². The highest BCUT2D eigenvalue weighted by Gasteiger charge is 2.37. The fourth-order valence-electron chi connectivity index (χ4n) is 3.84. The molecule has 0 bridgehead atoms. The van der Waals surface area contributed by atoms with Crippen molar-refractivity contribution in [2.45, 2.75) is 43.9 Å². The molecule has 3 rings (SSSR count). The summed E-state index contributed by atoms with van der Waals surface area (Å²) in [6.45, 7) is 3.21. The predicted molar refractivity (Wildman–Crippen MR) is 103 cm³/mol. The van der Waals surface area contributed by atoms with Crippen LogP contribution in [0.2, 0.25) is 0 Å². The van der Waals surface area contributed by atoms with Crippen LogP contribution in [0.4, 0.5) is 4.79 Å². The van der Waals surface area contributed by atoms with E-state index in [1.807, 2.05) is 24.3 Å². The highest BCUT2D eigenvalue weighted by atomic mass is 16.6. The molecule has 2 heterocycles. The van der Waals surface area contributed by atoms with Gasteiger partial charge in [0.05, 0.1) is 13.2 Å². The molecule has 2 aliphatic rings. The van der Waals surface area contributed by atoms with Gasteiger partial charge in [-0.3, -0.25) is 0 Å². The number of carbonyl (C=O) groups excluding carboxylic acids is 1. The van der Waals surface area contributed by atoms with Gasteiger partial charge >= 0.3 is 6.09 Å². The number of hydrogen-bond donors (Lipinski definition) is 4. The average molecular weight is 377 g/mol. The van der Waals surface area contributed by atoms with Crippen LogP contribution in [0, 0.1) is 5.92 Å². The summed E-state index contributed by atoms with van der Waals surface area (Å²) in [7, 11) is 1.64. The standard InChI is InChI=1S/C20H31N3O4/c1-26-16-6-4-14(5-7-16)11-17-19(18(24)13-23-17)27-20(25)22-9-2-3-15-8-10-21-12-15/h4-7,15,17-19,21,23-24H,2-3,8-13H2,1H3,(H,22,25)/t15-,17-,18?,19+/m1/s1. The predicted octanol–water partition coefficient (Wildman–Crippen LogP) is 1.05. The van der Waals surface area contributed by atoms with E-state index < -0.39 is 18.3 Å². The number of methoxy groups -OCH3 is 1. The third-order valence-corrected chi connectivity index (χ3v) is 5.44. The van der Waals surface area contributed by atoms with Crippen molar-refractivity contribution < 1.29 is 19.4 Å². The van der Waals surface area contributed by atoms with Crippen molar-refractivity contribution in [1.82, 2.24) is 16.0 Å². The molecule has 0 aromatic heterocycles. The van der Waals surface area contributed by atoms with E-state index in [9.17, 15) is 9.90 Å². The zero-order chi connectivity index (χ0) is 19.1. The Kier molecular flexibility index (Phi) is 7.32. The van der Waals surface area contributed by atoms with Gasteiger partial charge in [-0.2, -0.15) is 0 Å². The molecule has 1 amide bonds. The van der Waals surface area contributed by atoms with Crippen LogP contribution in [0.3, 0.4) is 0 Å². The minimum Gasteiger partial charge on any atom is -0.497 e. The lowest BCUT2D eigenvalue weighted by Crippen LogP contribution is -2.41. The molecule has 7 nitrogen and oxygen atoms in total. The van der Waals surface area contributed by atoms with Gasteiger partial charge in [0.25, 0.3) is 0 Å². The number of benzene rings is 1. The first-order valence-corrected chi connectivity index (χ1v) is 9.85. The molecule has 7 heteroatoms. The fraction of sp³-hybridized carbons (Fsp3) is 0.650. The second kappa shape index (κ2) is 9.92. The Morgan fingerprint density at radius 1 is 1.30 bits per heavy atom. The molecule has 27 heavy (non-hydrogen) atoms. The largest absolute Gasteiger partial charge is 0.497 e. The van der Waals surface area contributed by atoms with Gasteiger partial charge in [-0.05, 0) is 62.4 Å². The van der Waals surface area contributed by atoms with Gasteiger partial charge < -0.3 is 30.5 Å². The SMILES string of the molecule is COc1ccc(C[C@H]2NCC(O)[C@H]2OC(=O)NCCC[C@@H]2CCNC2)cc1. The molecule has 2 fully saturated rings. The third kappa shape index (κ3) is 5.82. The second-order valence-electron chi connectivity index (χ2n) is 7.43. The van der Waals surface area contributed by atoms with Crippen molar-refractivity contribution in [1.29, 1.82) is 0 Å². The average Bonchev–Trinajstić information content (AvgIpc) is 3.31. The maximum Gasteiger partial charge on any atom is 0.407 e. The van der Waals surface area contributed by atoms with E-state index in [2.05, 4.69) is 16.0 Å². The lowest BCUT2D eigenvalue weighted by molar-refractivity contribution is 0.0190. The summed E-state index contributed by atoms with van der Waals surface area (Å²) in [5, 5.41) is 19.6. The maximum absolute atomic E-state index is 12.1. The molecule has 0 spiro atoms. The molecule has 2 aliphatic heterocycles. The van der Waals surface area contributed by atoms with Crippen LogP contribution in [0.5, 0.6) is 5.75 Å². The first-order valence-electron chi connectivity index (χ1n) is 9.85. The van der Waals surface area contributed by atoms with Gasteiger partial charge in [-0.25, -0.2) is 4.79 Å². The van der Waals surface area contributed by atoms with Crippen molar-refractivity contribution >= 4 is 6.09 Å². The van der Waals surface area contributed by atoms with Gasteiger partial charge in [0.15, 0.2) is 0 Å². The molecule has 0 saturated carbocycles. The Morgan fingerprint density at radius 2 is 2.11 bits per heavy atom. The lowest BCUT2D eigenvalue weighted by Gasteiger charge is -2.22. The van der Waals surface area contributed by atoms with E-state index in [1.54, 1.807) is 7.11 Å². The summed E-state index contributed by atoms with van der Waals surface area (Å²) < 4.78 is 10.7. The van der Waals surface area contributed by atoms with Crippen molar-refractivity contribution in [3.8, 4) is 5.75 Å². The molecule has 150 valence electrons. The van der Waals surface area contributed by atoms with Gasteiger partial charge in [0.1, 0.15) is 18.0 Å². The topological polar surface area (TPSA) is 91.8 Å². The Balaban J connectivity index is 1.42. The van der Waals surface area contributed by atoms with E-state index >= 15 is 0 Å². The summed E-state index contributed by atoms with van der Waals surface area (Å²) >= 11 is 0. The Labute approximate surface area is 160 Å². The maximum atomic E-state index is 12.1. The smallest absolute Gasteiger partial charge is 0.407 e. The number of ether oxygens (including phenoxy) is 2. The number of nitrogens with one attached hydrogen (secondary N) is 3. The minimum atomic E-state index is -0.691. The number of β-amino-alcohol motifs (C(OH)–C–C–N with tert-alkyl or cyclic N) is 1. The first-order chi connectivity index (χ1) is 13.2. The van der Waals surface area contributed by atoms with Crippen LogP contribution >= 0.6 is 0 Å². The van der Waals surface area contributed by atoms with Gasteiger partial charge in [0.2, 0.25) is 0 Å². The van der Waals surface area contributed by atoms with E-state index in [0.29, 0.717) is 19.5 Å². The highest BCUT2D eigenvalue weighted by molar-refractivity contribution is 5.67. The lowest BCUT2D eigenvalue weighted by atomic mass is 10.0. The van der Waals surface area contributed by atoms with Crippen molar-refractivity contribution in [3.05, 3.63) is 29.8 Å². The van der Waals surface area contributed by atoms with E-state index in [0.717, 1.165) is 43.2 Å². The quantitative estimate of drug-likeness (QED) is 0.506. The van der Waals surface area contributed by atoms with Gasteiger partial charge in [-0.1, -0.05) is 12.1 Å². The van der Waals surface area contributed by atoms with Crippen LogP contribution in [0.15, 0.2) is 24.3 Å². The van der Waals surface area contributed by atoms with Crippen LogP contribution < -0.4 is 20.7 Å². The molecule has 1 unspecified atom stereocenters. The Bertz CT molecular complexity index is 589. The molecule has 1 aromatic carbocycles. The monoisotopic (exact) mass is 377 g/mol. The van der Waals surface area contributed by atoms with E-state index in [1.165, 1.54) is 6.42 Å². The Morgan fingerprint density at radius 3 is 2.81 bits per heavy atom. The molecule has 4 N–H and O–H groups in total. The van der Waals surface area contributed by atoms with Crippen LogP contribution in [0.25, 0.3) is 0 Å². The minimum absolute atomic E-state index is 0.108. The first kappa shape index (κ1) is 19.9. The summed E-state index contributed by atoms with van der Waals surface area (Å²) in [5.74, 6) is 1.52. The normalized spacial score (nSPS) is 27.5. The summed E-state index contributed by atoms with van der Waals surface area (Å²) in [5.41, 5.74) is 1.10. The molecule has 2 saturated heterocycles. The number of carbonyl (C=O) groups is 1. The molecule has 4 atom stereocenters. The summed E-state index contributed by atoms with van der Waals surface area (Å²) in [4.78, 5) is 12.1. The molecule has 0 radical (unpaired) electrons. The van der Waals surface area contributed by atoms with Gasteiger partial charge in [-0.15, -0.1) is 0 Å². The number of rotatable bonds is 8. The molecule has 1 aromatic rings. The van der Waals surface area contributed by atoms with Crippen LogP contribution in [-0.2, 0) is 11.2 Å². The van der Waals surface area contributed by atoms with Crippen LogP contribution in [-0.4, -0.2) is 62.7 Å². The fourth-order valence-corrected chi connectivity index (χ4v) is 3.84.